The molecule has 8 nitrogen and oxygen atoms in total. The van der Waals surface area contributed by atoms with Crippen LogP contribution in [0.15, 0.2) is 41.8 Å². The van der Waals surface area contributed by atoms with Crippen LogP contribution in [0.5, 0.6) is 17.2 Å². The van der Waals surface area contributed by atoms with Crippen molar-refractivity contribution in [3.63, 3.8) is 0 Å². The molecule has 0 atom stereocenters. The zero-order valence-electron chi connectivity index (χ0n) is 18.4. The topological polar surface area (TPSA) is 98.8 Å². The highest BCUT2D eigenvalue weighted by molar-refractivity contribution is 7.14. The Morgan fingerprint density at radius 2 is 1.72 bits per heavy atom. The van der Waals surface area contributed by atoms with Gasteiger partial charge in [0.05, 0.1) is 27.0 Å². The van der Waals surface area contributed by atoms with Gasteiger partial charge >= 0.3 is 0 Å². The molecule has 32 heavy (non-hydrogen) atoms. The molecule has 3 aromatic rings. The minimum absolute atomic E-state index is 0.0558. The van der Waals surface area contributed by atoms with Crippen LogP contribution in [0.1, 0.15) is 30.1 Å². The molecule has 0 saturated carbocycles. The van der Waals surface area contributed by atoms with Crippen LogP contribution in [0.4, 0.5) is 10.8 Å². The van der Waals surface area contributed by atoms with Crippen LogP contribution in [0.2, 0.25) is 0 Å². The van der Waals surface area contributed by atoms with Crippen LogP contribution in [-0.4, -0.2) is 38.1 Å². The third kappa shape index (κ3) is 5.36. The second kappa shape index (κ2) is 10.6. The molecule has 1 aromatic heterocycles. The molecule has 0 fully saturated rings. The number of hydrogen-bond donors (Lipinski definition) is 2. The van der Waals surface area contributed by atoms with Crippen LogP contribution in [0.3, 0.4) is 0 Å². The van der Waals surface area contributed by atoms with Crippen molar-refractivity contribution in [2.24, 2.45) is 0 Å². The third-order valence-corrected chi connectivity index (χ3v) is 5.33. The van der Waals surface area contributed by atoms with Crippen molar-refractivity contribution in [2.45, 2.75) is 19.8 Å². The summed E-state index contributed by atoms with van der Waals surface area (Å²) in [6.45, 7) is 1.95. The number of methoxy groups -OCH3 is 3. The van der Waals surface area contributed by atoms with Crippen molar-refractivity contribution in [1.29, 1.82) is 0 Å². The molecule has 0 aliphatic heterocycles. The normalized spacial score (nSPS) is 10.4. The van der Waals surface area contributed by atoms with Crippen LogP contribution in [0, 0.1) is 0 Å². The van der Waals surface area contributed by atoms with Gasteiger partial charge in [0.2, 0.25) is 11.7 Å². The Labute approximate surface area is 190 Å². The number of amides is 2. The number of hydrogen-bond acceptors (Lipinski definition) is 7. The van der Waals surface area contributed by atoms with Crippen molar-refractivity contribution in [3.05, 3.63) is 47.3 Å². The van der Waals surface area contributed by atoms with Gasteiger partial charge in [0, 0.05) is 28.6 Å². The zero-order valence-corrected chi connectivity index (χ0v) is 19.2. The quantitative estimate of drug-likeness (QED) is 0.480. The summed E-state index contributed by atoms with van der Waals surface area (Å²) in [6.07, 6.45) is 1.23. The van der Waals surface area contributed by atoms with E-state index in [0.717, 1.165) is 12.0 Å². The fourth-order valence-corrected chi connectivity index (χ4v) is 3.78. The Kier molecular flexibility index (Phi) is 7.67. The first-order chi connectivity index (χ1) is 15.5. The summed E-state index contributed by atoms with van der Waals surface area (Å²) in [7, 11) is 4.50. The maximum Gasteiger partial charge on any atom is 0.255 e. The summed E-state index contributed by atoms with van der Waals surface area (Å²) in [5.74, 6) is 0.822. The largest absolute Gasteiger partial charge is 0.493 e. The van der Waals surface area contributed by atoms with E-state index < -0.39 is 0 Å². The first kappa shape index (κ1) is 23.1. The van der Waals surface area contributed by atoms with Gasteiger partial charge in [-0.05, 0) is 30.7 Å². The molecule has 0 saturated heterocycles. The van der Waals surface area contributed by atoms with E-state index >= 15 is 0 Å². The van der Waals surface area contributed by atoms with E-state index in [1.807, 2.05) is 30.5 Å². The summed E-state index contributed by atoms with van der Waals surface area (Å²) in [5.41, 5.74) is 2.50. The van der Waals surface area contributed by atoms with Gasteiger partial charge in [-0.2, -0.15) is 0 Å². The number of nitrogens with zero attached hydrogens (tertiary/aromatic N) is 1. The Balaban J connectivity index is 1.79. The van der Waals surface area contributed by atoms with E-state index in [4.69, 9.17) is 14.2 Å². The minimum Gasteiger partial charge on any atom is -0.493 e. The summed E-state index contributed by atoms with van der Waals surface area (Å²) < 4.78 is 15.9. The van der Waals surface area contributed by atoms with Gasteiger partial charge in [0.1, 0.15) is 0 Å². The van der Waals surface area contributed by atoms with E-state index in [-0.39, 0.29) is 11.8 Å². The lowest BCUT2D eigenvalue weighted by Crippen LogP contribution is -2.12. The molecule has 2 amide bonds. The van der Waals surface area contributed by atoms with Gasteiger partial charge in [0.15, 0.2) is 16.6 Å². The zero-order chi connectivity index (χ0) is 23.1. The molecule has 0 bridgehead atoms. The Morgan fingerprint density at radius 3 is 2.34 bits per heavy atom. The summed E-state index contributed by atoms with van der Waals surface area (Å²) in [5, 5.41) is 8.09. The van der Waals surface area contributed by atoms with Gasteiger partial charge in [-0.3, -0.25) is 9.59 Å². The molecule has 3 rings (SSSR count). The number of thiazole rings is 1. The first-order valence-electron chi connectivity index (χ1n) is 9.96. The van der Waals surface area contributed by atoms with Crippen LogP contribution in [-0.2, 0) is 4.79 Å². The average molecular weight is 456 g/mol. The van der Waals surface area contributed by atoms with Crippen molar-refractivity contribution in [2.75, 3.05) is 32.0 Å². The van der Waals surface area contributed by atoms with E-state index in [1.54, 1.807) is 18.2 Å². The Morgan fingerprint density at radius 1 is 1.00 bits per heavy atom. The fourth-order valence-electron chi connectivity index (χ4n) is 3.04. The molecule has 0 unspecified atom stereocenters. The SMILES string of the molecule is CCCC(=O)Nc1nc(-c2cccc(NC(=O)c3cc(OC)c(OC)c(OC)c3)c2)cs1. The molecule has 2 N–H and O–H groups in total. The second-order valence-corrected chi connectivity index (χ2v) is 7.64. The van der Waals surface area contributed by atoms with Crippen molar-refractivity contribution in [3.8, 4) is 28.5 Å². The van der Waals surface area contributed by atoms with Gasteiger partial charge < -0.3 is 24.8 Å². The molecule has 9 heteroatoms. The standard InChI is InChI=1S/C23H25N3O5S/c1-5-7-20(27)26-23-25-17(13-32-23)14-8-6-9-16(10-14)24-22(28)15-11-18(29-2)21(31-4)19(12-15)30-3/h6,8-13H,5,7H2,1-4H3,(H,24,28)(H,25,26,27). The lowest BCUT2D eigenvalue weighted by atomic mass is 10.1. The summed E-state index contributed by atoms with van der Waals surface area (Å²) in [6, 6.07) is 10.5. The highest BCUT2D eigenvalue weighted by Crippen LogP contribution is 2.38. The van der Waals surface area contributed by atoms with Crippen molar-refractivity contribution < 1.29 is 23.8 Å². The lowest BCUT2D eigenvalue weighted by Gasteiger charge is -2.14. The number of ether oxygens (including phenoxy) is 3. The monoisotopic (exact) mass is 455 g/mol. The second-order valence-electron chi connectivity index (χ2n) is 6.79. The Hall–Kier alpha value is -3.59. The molecule has 0 radical (unpaired) electrons. The van der Waals surface area contributed by atoms with E-state index in [1.165, 1.54) is 32.7 Å². The number of carbonyl (C=O) groups is 2. The van der Waals surface area contributed by atoms with E-state index in [0.29, 0.717) is 45.7 Å². The summed E-state index contributed by atoms with van der Waals surface area (Å²) >= 11 is 1.36. The van der Waals surface area contributed by atoms with Crippen molar-refractivity contribution >= 4 is 34.0 Å². The number of aromatic nitrogens is 1. The maximum atomic E-state index is 12.9. The highest BCUT2D eigenvalue weighted by Gasteiger charge is 2.17. The predicted octanol–water partition coefficient (Wildman–Crippen LogP) is 4.83. The van der Waals surface area contributed by atoms with Gasteiger partial charge in [0.25, 0.3) is 5.91 Å². The van der Waals surface area contributed by atoms with Crippen LogP contribution < -0.4 is 24.8 Å². The predicted molar refractivity (Wildman–Crippen MR) is 125 cm³/mol. The molecule has 1 heterocycles. The number of nitrogens with one attached hydrogen (secondary N) is 2. The molecule has 0 spiro atoms. The average Bonchev–Trinajstić information content (AvgIpc) is 3.26. The minimum atomic E-state index is -0.327. The fraction of sp³-hybridized carbons (Fsp3) is 0.261. The number of anilines is 2. The number of rotatable bonds is 9. The number of carbonyl (C=O) groups excluding carboxylic acids is 2. The maximum absolute atomic E-state index is 12.9. The lowest BCUT2D eigenvalue weighted by molar-refractivity contribution is -0.116. The molecule has 0 aliphatic carbocycles. The third-order valence-electron chi connectivity index (χ3n) is 4.57. The highest BCUT2D eigenvalue weighted by atomic mass is 32.1. The number of benzene rings is 2. The van der Waals surface area contributed by atoms with Gasteiger partial charge in [-0.25, -0.2) is 4.98 Å². The molecular weight excluding hydrogens is 430 g/mol. The van der Waals surface area contributed by atoms with E-state index in [2.05, 4.69) is 15.6 Å². The molecule has 168 valence electrons. The van der Waals surface area contributed by atoms with Gasteiger partial charge in [-0.15, -0.1) is 11.3 Å². The van der Waals surface area contributed by atoms with Crippen LogP contribution in [0.25, 0.3) is 11.3 Å². The molecule has 0 aliphatic rings. The molecular formula is C23H25N3O5S. The van der Waals surface area contributed by atoms with Gasteiger partial charge in [-0.1, -0.05) is 19.1 Å². The smallest absolute Gasteiger partial charge is 0.255 e. The van der Waals surface area contributed by atoms with Crippen LogP contribution >= 0.6 is 11.3 Å². The molecule has 2 aromatic carbocycles. The Bertz CT molecular complexity index is 1090. The van der Waals surface area contributed by atoms with E-state index in [9.17, 15) is 9.59 Å². The first-order valence-corrected chi connectivity index (χ1v) is 10.8. The summed E-state index contributed by atoms with van der Waals surface area (Å²) in [4.78, 5) is 29.1. The van der Waals surface area contributed by atoms with Crippen molar-refractivity contribution in [1.82, 2.24) is 4.98 Å².